The topological polar surface area (TPSA) is 29.5 Å². The Morgan fingerprint density at radius 2 is 1.88 bits per heavy atom. The van der Waals surface area contributed by atoms with Gasteiger partial charge in [-0.25, -0.2) is 0 Å². The van der Waals surface area contributed by atoms with Crippen LogP contribution in [0.3, 0.4) is 0 Å². The maximum atomic E-state index is 13.3. The Kier molecular flexibility index (Phi) is 3.69. The summed E-state index contributed by atoms with van der Waals surface area (Å²) >= 11 is 0. The van der Waals surface area contributed by atoms with E-state index in [0.717, 1.165) is 22.8 Å². The van der Waals surface area contributed by atoms with Gasteiger partial charge in [-0.05, 0) is 34.4 Å². The highest BCUT2D eigenvalue weighted by Gasteiger charge is 2.34. The Balaban J connectivity index is 1.77. The van der Waals surface area contributed by atoms with E-state index in [2.05, 4.69) is 0 Å². The van der Waals surface area contributed by atoms with E-state index in [-0.39, 0.29) is 5.56 Å². The number of benzene rings is 2. The van der Waals surface area contributed by atoms with Crippen molar-refractivity contribution in [1.82, 2.24) is 0 Å². The zero-order chi connectivity index (χ0) is 17.6. The van der Waals surface area contributed by atoms with Gasteiger partial charge in [0.15, 0.2) is 0 Å². The van der Waals surface area contributed by atoms with Crippen LogP contribution < -0.4 is 4.74 Å². The number of hydrogen-bond donors (Lipinski definition) is 1. The molecule has 2 aromatic rings. The maximum absolute atomic E-state index is 13.3. The molecule has 0 bridgehead atoms. The summed E-state index contributed by atoms with van der Waals surface area (Å²) < 4.78 is 45.6. The van der Waals surface area contributed by atoms with Gasteiger partial charge < -0.3 is 9.84 Å². The SMILES string of the molecule is OC1C=Cc2c(ccc3c2CC(c2ccccc2C(F)(F)F)=CO3)C1. The minimum atomic E-state index is -4.42. The minimum Gasteiger partial charge on any atom is -0.464 e. The molecule has 1 N–H and O–H groups in total. The largest absolute Gasteiger partial charge is 0.464 e. The summed E-state index contributed by atoms with van der Waals surface area (Å²) in [5.74, 6) is 0.646. The molecule has 1 atom stereocenters. The summed E-state index contributed by atoms with van der Waals surface area (Å²) in [7, 11) is 0. The van der Waals surface area contributed by atoms with Crippen molar-refractivity contribution >= 4 is 11.6 Å². The number of allylic oxidation sites excluding steroid dienone is 1. The highest BCUT2D eigenvalue weighted by molar-refractivity contribution is 5.76. The Hall–Kier alpha value is -2.53. The van der Waals surface area contributed by atoms with Gasteiger partial charge in [0.05, 0.1) is 17.9 Å². The first-order valence-corrected chi connectivity index (χ1v) is 7.97. The molecule has 4 rings (SSSR count). The second-order valence-corrected chi connectivity index (χ2v) is 6.23. The summed E-state index contributed by atoms with van der Waals surface area (Å²) in [6.45, 7) is 0. The highest BCUT2D eigenvalue weighted by atomic mass is 19.4. The zero-order valence-corrected chi connectivity index (χ0v) is 13.2. The third kappa shape index (κ3) is 2.85. The first kappa shape index (κ1) is 16.0. The van der Waals surface area contributed by atoms with Crippen LogP contribution in [0.1, 0.15) is 27.8 Å². The summed E-state index contributed by atoms with van der Waals surface area (Å²) in [5, 5.41) is 9.76. The van der Waals surface area contributed by atoms with E-state index in [1.165, 1.54) is 18.4 Å². The fourth-order valence-electron chi connectivity index (χ4n) is 3.41. The van der Waals surface area contributed by atoms with E-state index in [1.807, 2.05) is 18.2 Å². The summed E-state index contributed by atoms with van der Waals surface area (Å²) in [6, 6.07) is 9.24. The van der Waals surface area contributed by atoms with Crippen LogP contribution >= 0.6 is 0 Å². The van der Waals surface area contributed by atoms with Crippen molar-refractivity contribution in [3.63, 3.8) is 0 Å². The van der Waals surface area contributed by atoms with Crippen LogP contribution in [-0.2, 0) is 19.0 Å². The van der Waals surface area contributed by atoms with Crippen molar-refractivity contribution in [2.24, 2.45) is 0 Å². The van der Waals surface area contributed by atoms with Crippen molar-refractivity contribution in [2.75, 3.05) is 0 Å². The quantitative estimate of drug-likeness (QED) is 0.818. The molecule has 2 nitrogen and oxygen atoms in total. The number of aliphatic hydroxyl groups is 1. The lowest BCUT2D eigenvalue weighted by molar-refractivity contribution is -0.137. The van der Waals surface area contributed by atoms with Crippen LogP contribution in [0.15, 0.2) is 48.7 Å². The van der Waals surface area contributed by atoms with Gasteiger partial charge in [0.25, 0.3) is 0 Å². The number of alkyl halides is 3. The van der Waals surface area contributed by atoms with Crippen LogP contribution in [0.25, 0.3) is 11.6 Å². The molecule has 0 saturated carbocycles. The number of halogens is 3. The fourth-order valence-corrected chi connectivity index (χ4v) is 3.41. The van der Waals surface area contributed by atoms with Crippen LogP contribution in [-0.4, -0.2) is 11.2 Å². The lowest BCUT2D eigenvalue weighted by Crippen LogP contribution is -2.15. The third-order valence-electron chi connectivity index (χ3n) is 4.59. The molecule has 1 unspecified atom stereocenters. The molecule has 2 aromatic carbocycles. The predicted molar refractivity (Wildman–Crippen MR) is 88.9 cm³/mol. The number of hydrogen-bond acceptors (Lipinski definition) is 2. The molecule has 0 fully saturated rings. The molecule has 0 aromatic heterocycles. The van der Waals surface area contributed by atoms with E-state index in [4.69, 9.17) is 4.74 Å². The van der Waals surface area contributed by atoms with Gasteiger partial charge in [0.1, 0.15) is 5.75 Å². The molecular weight excluding hydrogens is 329 g/mol. The number of ether oxygens (including phenoxy) is 1. The van der Waals surface area contributed by atoms with Gasteiger partial charge in [0, 0.05) is 18.4 Å². The second kappa shape index (κ2) is 5.77. The van der Waals surface area contributed by atoms with Crippen LogP contribution in [0.5, 0.6) is 5.75 Å². The molecular formula is C20H15F3O2. The van der Waals surface area contributed by atoms with E-state index in [0.29, 0.717) is 24.2 Å². The van der Waals surface area contributed by atoms with Crippen LogP contribution in [0, 0.1) is 0 Å². The Labute approximate surface area is 142 Å². The number of rotatable bonds is 1. The zero-order valence-electron chi connectivity index (χ0n) is 13.2. The smallest absolute Gasteiger partial charge is 0.416 e. The van der Waals surface area contributed by atoms with Gasteiger partial charge >= 0.3 is 6.18 Å². The monoisotopic (exact) mass is 344 g/mol. The summed E-state index contributed by atoms with van der Waals surface area (Å²) in [6.07, 6.45) is 0.826. The van der Waals surface area contributed by atoms with Gasteiger partial charge in [-0.2, -0.15) is 13.2 Å². The highest BCUT2D eigenvalue weighted by Crippen LogP contribution is 2.41. The molecule has 128 valence electrons. The predicted octanol–water partition coefficient (Wildman–Crippen LogP) is 4.61. The summed E-state index contributed by atoms with van der Waals surface area (Å²) in [4.78, 5) is 0. The van der Waals surface area contributed by atoms with Crippen molar-refractivity contribution in [3.8, 4) is 5.75 Å². The molecule has 0 amide bonds. The molecule has 1 heterocycles. The van der Waals surface area contributed by atoms with E-state index in [9.17, 15) is 18.3 Å². The lowest BCUT2D eigenvalue weighted by atomic mass is 9.86. The minimum absolute atomic E-state index is 0.137. The number of fused-ring (bicyclic) bond motifs is 3. The molecule has 1 aliphatic carbocycles. The van der Waals surface area contributed by atoms with E-state index < -0.39 is 17.8 Å². The molecule has 25 heavy (non-hydrogen) atoms. The first-order chi connectivity index (χ1) is 11.9. The second-order valence-electron chi connectivity index (χ2n) is 6.23. The van der Waals surface area contributed by atoms with E-state index in [1.54, 1.807) is 12.1 Å². The standard InChI is InChI=1S/C20H15F3O2/c21-20(22,23)18-4-2-1-3-16(18)13-10-17-15-7-6-14(24)9-12(15)5-8-19(17)25-11-13/h1-8,11,14,24H,9-10H2. The fraction of sp³-hybridized carbons (Fsp3) is 0.200. The van der Waals surface area contributed by atoms with Crippen molar-refractivity contribution < 1.29 is 23.0 Å². The number of aliphatic hydroxyl groups excluding tert-OH is 1. The third-order valence-corrected chi connectivity index (χ3v) is 4.59. The molecule has 2 aliphatic rings. The maximum Gasteiger partial charge on any atom is 0.416 e. The molecule has 5 heteroatoms. The van der Waals surface area contributed by atoms with Gasteiger partial charge in [0.2, 0.25) is 0 Å². The van der Waals surface area contributed by atoms with Gasteiger partial charge in [-0.3, -0.25) is 0 Å². The Bertz CT molecular complexity index is 894. The van der Waals surface area contributed by atoms with Gasteiger partial charge in [-0.1, -0.05) is 36.4 Å². The van der Waals surface area contributed by atoms with Crippen LogP contribution in [0.4, 0.5) is 13.2 Å². The summed E-state index contributed by atoms with van der Waals surface area (Å²) in [5.41, 5.74) is 2.73. The molecule has 0 radical (unpaired) electrons. The normalized spacial score (nSPS) is 18.9. The molecule has 0 saturated heterocycles. The molecule has 1 aliphatic heterocycles. The Morgan fingerprint density at radius 3 is 2.68 bits per heavy atom. The first-order valence-electron chi connectivity index (χ1n) is 7.97. The van der Waals surface area contributed by atoms with Crippen molar-refractivity contribution in [3.05, 3.63) is 76.6 Å². The average Bonchev–Trinajstić information content (AvgIpc) is 2.60. The van der Waals surface area contributed by atoms with Gasteiger partial charge in [-0.15, -0.1) is 0 Å². The van der Waals surface area contributed by atoms with Crippen LogP contribution in [0.2, 0.25) is 0 Å². The van der Waals surface area contributed by atoms with Crippen molar-refractivity contribution in [2.45, 2.75) is 25.1 Å². The Morgan fingerprint density at radius 1 is 1.08 bits per heavy atom. The average molecular weight is 344 g/mol. The van der Waals surface area contributed by atoms with E-state index >= 15 is 0 Å². The molecule has 0 spiro atoms. The lowest BCUT2D eigenvalue weighted by Gasteiger charge is -2.25. The van der Waals surface area contributed by atoms with Crippen molar-refractivity contribution in [1.29, 1.82) is 0 Å².